The number of halogens is 1. The summed E-state index contributed by atoms with van der Waals surface area (Å²) < 4.78 is 16.0. The highest BCUT2D eigenvalue weighted by atomic mass is 19.1. The lowest BCUT2D eigenvalue weighted by Gasteiger charge is -2.19. The van der Waals surface area contributed by atoms with E-state index < -0.39 is 12.2 Å². The Bertz CT molecular complexity index is 1070. The molecule has 3 aromatic rings. The molecule has 1 aromatic carbocycles. The normalized spacial score (nSPS) is 18.6. The average Bonchev–Trinajstić information content (AvgIpc) is 3.12. The van der Waals surface area contributed by atoms with Crippen LogP contribution < -0.4 is 10.9 Å². The monoisotopic (exact) mass is 393 g/mol. The number of nitrogens with one attached hydrogen (secondary N) is 1. The quantitative estimate of drug-likeness (QED) is 0.735. The van der Waals surface area contributed by atoms with Crippen LogP contribution in [-0.2, 0) is 7.05 Å². The number of carbonyl (C=O) groups excluding carboxylic acids is 1. The summed E-state index contributed by atoms with van der Waals surface area (Å²) in [6.45, 7) is 0.174. The number of benzene rings is 1. The predicted molar refractivity (Wildman–Crippen MR) is 107 cm³/mol. The van der Waals surface area contributed by atoms with Crippen molar-refractivity contribution in [3.05, 3.63) is 76.8 Å². The summed E-state index contributed by atoms with van der Waals surface area (Å²) in [5.41, 5.74) is 1.47. The van der Waals surface area contributed by atoms with E-state index in [4.69, 9.17) is 0 Å². The lowest BCUT2D eigenvalue weighted by Crippen LogP contribution is -2.34. The molecule has 0 spiro atoms. The van der Waals surface area contributed by atoms with Crippen LogP contribution >= 0.6 is 0 Å². The second-order valence-corrected chi connectivity index (χ2v) is 6.94. The molecule has 2 aromatic heterocycles. The summed E-state index contributed by atoms with van der Waals surface area (Å²) in [7, 11) is 1.57. The fourth-order valence-corrected chi connectivity index (χ4v) is 3.33. The SMILES string of the molecule is Cn1c(N[C@@H]2CN(C(=O)c3ccccc3)C[C@H]2F)nc(-c2ccncc2)cc1=O. The number of nitrogens with zero attached hydrogens (tertiary/aromatic N) is 4. The minimum atomic E-state index is -1.27. The highest BCUT2D eigenvalue weighted by Crippen LogP contribution is 2.21. The summed E-state index contributed by atoms with van der Waals surface area (Å²) in [6.07, 6.45) is 1.95. The molecular weight excluding hydrogens is 373 g/mol. The van der Waals surface area contributed by atoms with E-state index >= 15 is 0 Å². The van der Waals surface area contributed by atoms with E-state index in [1.54, 1.807) is 55.8 Å². The number of pyridine rings is 1. The molecule has 1 amide bonds. The molecule has 0 saturated carbocycles. The first-order chi connectivity index (χ1) is 14.0. The summed E-state index contributed by atoms with van der Waals surface area (Å²) in [5.74, 6) is 0.0379. The molecule has 0 bridgehead atoms. The molecule has 0 unspecified atom stereocenters. The molecule has 1 N–H and O–H groups in total. The van der Waals surface area contributed by atoms with Crippen molar-refractivity contribution < 1.29 is 9.18 Å². The molecule has 1 fully saturated rings. The van der Waals surface area contributed by atoms with Gasteiger partial charge >= 0.3 is 0 Å². The molecule has 8 heteroatoms. The Kier molecular flexibility index (Phi) is 5.07. The second-order valence-electron chi connectivity index (χ2n) is 6.94. The van der Waals surface area contributed by atoms with Gasteiger partial charge < -0.3 is 10.2 Å². The maximum absolute atomic E-state index is 14.7. The largest absolute Gasteiger partial charge is 0.348 e. The molecule has 1 saturated heterocycles. The van der Waals surface area contributed by atoms with Gasteiger partial charge in [-0.2, -0.15) is 0 Å². The number of likely N-dealkylation sites (tertiary alicyclic amines) is 1. The van der Waals surface area contributed by atoms with E-state index in [-0.39, 0.29) is 30.5 Å². The number of anilines is 1. The Morgan fingerprint density at radius 1 is 1.14 bits per heavy atom. The first kappa shape index (κ1) is 18.8. The van der Waals surface area contributed by atoms with Crippen LogP contribution in [0.1, 0.15) is 10.4 Å². The smallest absolute Gasteiger partial charge is 0.255 e. The van der Waals surface area contributed by atoms with Gasteiger partial charge in [-0.05, 0) is 24.3 Å². The highest BCUT2D eigenvalue weighted by molar-refractivity contribution is 5.94. The number of alkyl halides is 1. The zero-order valence-corrected chi connectivity index (χ0v) is 15.8. The third kappa shape index (κ3) is 3.87. The molecule has 1 aliphatic rings. The third-order valence-electron chi connectivity index (χ3n) is 4.98. The first-order valence-corrected chi connectivity index (χ1v) is 9.26. The fraction of sp³-hybridized carbons (Fsp3) is 0.238. The Morgan fingerprint density at radius 2 is 1.86 bits per heavy atom. The molecule has 0 aliphatic carbocycles. The summed E-state index contributed by atoms with van der Waals surface area (Å²) in [4.78, 5) is 34.9. The standard InChI is InChI=1S/C21H20FN5O2/c1-26-19(28)11-17(14-7-9-23-10-8-14)24-21(26)25-18-13-27(12-16(18)22)20(29)15-5-3-2-4-6-15/h2-11,16,18H,12-13H2,1H3,(H,24,25)/t16-,18-/m1/s1. The number of aromatic nitrogens is 3. The second kappa shape index (κ2) is 7.83. The lowest BCUT2D eigenvalue weighted by molar-refractivity contribution is 0.0782. The van der Waals surface area contributed by atoms with E-state index in [2.05, 4.69) is 15.3 Å². The van der Waals surface area contributed by atoms with Gasteiger partial charge in [0.25, 0.3) is 11.5 Å². The van der Waals surface area contributed by atoms with Gasteiger partial charge in [0, 0.05) is 43.2 Å². The van der Waals surface area contributed by atoms with Crippen LogP contribution in [0.15, 0.2) is 65.7 Å². The molecule has 4 rings (SSSR count). The van der Waals surface area contributed by atoms with Crippen LogP contribution in [0.25, 0.3) is 11.3 Å². The number of rotatable bonds is 4. The molecule has 1 aliphatic heterocycles. The average molecular weight is 393 g/mol. The Morgan fingerprint density at radius 3 is 2.59 bits per heavy atom. The van der Waals surface area contributed by atoms with Gasteiger partial charge in [-0.3, -0.25) is 19.1 Å². The Labute approximate surface area is 166 Å². The van der Waals surface area contributed by atoms with Gasteiger partial charge in [0.1, 0.15) is 6.17 Å². The van der Waals surface area contributed by atoms with E-state index in [9.17, 15) is 14.0 Å². The van der Waals surface area contributed by atoms with Crippen LogP contribution in [-0.4, -0.2) is 50.6 Å². The van der Waals surface area contributed by atoms with Gasteiger partial charge in [0.2, 0.25) is 5.95 Å². The van der Waals surface area contributed by atoms with E-state index in [0.29, 0.717) is 11.3 Å². The Hall–Kier alpha value is -3.55. The zero-order chi connectivity index (χ0) is 20.4. The predicted octanol–water partition coefficient (Wildman–Crippen LogP) is 2.12. The summed E-state index contributed by atoms with van der Waals surface area (Å²) >= 11 is 0. The van der Waals surface area contributed by atoms with Crippen LogP contribution in [0.5, 0.6) is 0 Å². The number of hydrogen-bond acceptors (Lipinski definition) is 5. The molecule has 148 valence electrons. The van der Waals surface area contributed by atoms with Crippen molar-refractivity contribution in [1.82, 2.24) is 19.4 Å². The summed E-state index contributed by atoms with van der Waals surface area (Å²) in [6, 6.07) is 13.1. The maximum atomic E-state index is 14.7. The number of amides is 1. The van der Waals surface area contributed by atoms with Crippen molar-refractivity contribution in [3.8, 4) is 11.3 Å². The number of hydrogen-bond donors (Lipinski definition) is 1. The topological polar surface area (TPSA) is 80.1 Å². The maximum Gasteiger partial charge on any atom is 0.255 e. The molecule has 2 atom stereocenters. The van der Waals surface area contributed by atoms with Crippen LogP contribution in [0.2, 0.25) is 0 Å². The first-order valence-electron chi connectivity index (χ1n) is 9.26. The van der Waals surface area contributed by atoms with Crippen molar-refractivity contribution in [2.45, 2.75) is 12.2 Å². The summed E-state index contributed by atoms with van der Waals surface area (Å²) in [5, 5.41) is 3.01. The Balaban J connectivity index is 1.55. The molecular formula is C21H20FN5O2. The van der Waals surface area contributed by atoms with Gasteiger partial charge in [-0.25, -0.2) is 9.37 Å². The minimum Gasteiger partial charge on any atom is -0.348 e. The zero-order valence-electron chi connectivity index (χ0n) is 15.8. The van der Waals surface area contributed by atoms with Crippen molar-refractivity contribution in [1.29, 1.82) is 0 Å². The highest BCUT2D eigenvalue weighted by Gasteiger charge is 2.36. The molecule has 3 heterocycles. The van der Waals surface area contributed by atoms with Crippen molar-refractivity contribution in [2.24, 2.45) is 7.05 Å². The van der Waals surface area contributed by atoms with Gasteiger partial charge in [0.15, 0.2) is 0 Å². The number of carbonyl (C=O) groups is 1. The van der Waals surface area contributed by atoms with Gasteiger partial charge in [-0.15, -0.1) is 0 Å². The van der Waals surface area contributed by atoms with E-state index in [1.807, 2.05) is 6.07 Å². The van der Waals surface area contributed by atoms with Crippen LogP contribution in [0.4, 0.5) is 10.3 Å². The molecule has 0 radical (unpaired) electrons. The van der Waals surface area contributed by atoms with Crippen molar-refractivity contribution >= 4 is 11.9 Å². The fourth-order valence-electron chi connectivity index (χ4n) is 3.33. The molecule has 7 nitrogen and oxygen atoms in total. The van der Waals surface area contributed by atoms with Crippen LogP contribution in [0.3, 0.4) is 0 Å². The van der Waals surface area contributed by atoms with Crippen molar-refractivity contribution in [3.63, 3.8) is 0 Å². The molecule has 29 heavy (non-hydrogen) atoms. The minimum absolute atomic E-state index is 0.0105. The lowest BCUT2D eigenvalue weighted by atomic mass is 10.2. The van der Waals surface area contributed by atoms with E-state index in [1.165, 1.54) is 15.5 Å². The van der Waals surface area contributed by atoms with Gasteiger partial charge in [0.05, 0.1) is 18.3 Å². The third-order valence-corrected chi connectivity index (χ3v) is 4.98. The van der Waals surface area contributed by atoms with Crippen LogP contribution in [0, 0.1) is 0 Å². The van der Waals surface area contributed by atoms with Gasteiger partial charge in [-0.1, -0.05) is 18.2 Å². The van der Waals surface area contributed by atoms with E-state index in [0.717, 1.165) is 5.56 Å². The van der Waals surface area contributed by atoms with Crippen molar-refractivity contribution in [2.75, 3.05) is 18.4 Å².